The molecule has 0 aromatic carbocycles. The molecule has 1 aliphatic carbocycles. The van der Waals surface area contributed by atoms with Crippen LogP contribution in [0.4, 0.5) is 0 Å². The number of pyridine rings is 1. The van der Waals surface area contributed by atoms with Gasteiger partial charge in [0.05, 0.1) is 22.8 Å². The summed E-state index contributed by atoms with van der Waals surface area (Å²) in [4.78, 5) is 5.14. The van der Waals surface area contributed by atoms with Crippen LogP contribution in [0.25, 0.3) is 22.6 Å². The molecule has 0 aliphatic heterocycles. The molecule has 0 N–H and O–H groups in total. The van der Waals surface area contributed by atoms with Crippen molar-refractivity contribution >= 4 is 38.5 Å². The first kappa shape index (κ1) is 17.5. The summed E-state index contributed by atoms with van der Waals surface area (Å²) in [6.07, 6.45) is 7.44. The highest BCUT2D eigenvalue weighted by atomic mass is 79.9. The Balaban J connectivity index is 2.28. The van der Waals surface area contributed by atoms with Gasteiger partial charge in [-0.3, -0.25) is 9.67 Å². The van der Waals surface area contributed by atoms with E-state index in [0.29, 0.717) is 10.7 Å². The van der Waals surface area contributed by atoms with Crippen molar-refractivity contribution in [2.24, 2.45) is 13.0 Å². The Labute approximate surface area is 162 Å². The Morgan fingerprint density at radius 3 is 2.65 bits per heavy atom. The maximum atomic E-state index is 4.84. The molecule has 2 atom stereocenters. The zero-order chi connectivity index (χ0) is 18.6. The fraction of sp³-hybridized carbons (Fsp3) is 0.429. The summed E-state index contributed by atoms with van der Waals surface area (Å²) in [5, 5.41) is 8.42. The number of halogens is 1. The van der Waals surface area contributed by atoms with E-state index in [1.165, 1.54) is 38.3 Å². The van der Waals surface area contributed by atoms with Gasteiger partial charge < -0.3 is 4.57 Å². The molecule has 0 amide bonds. The van der Waals surface area contributed by atoms with Gasteiger partial charge in [0.25, 0.3) is 0 Å². The van der Waals surface area contributed by atoms with Crippen molar-refractivity contribution < 1.29 is 0 Å². The van der Waals surface area contributed by atoms with Gasteiger partial charge in [-0.1, -0.05) is 35.9 Å². The van der Waals surface area contributed by atoms with E-state index < -0.39 is 0 Å². The molecule has 4 rings (SSSR count). The van der Waals surface area contributed by atoms with Crippen LogP contribution in [0.2, 0.25) is 0 Å². The Bertz CT molecular complexity index is 1120. The van der Waals surface area contributed by atoms with Gasteiger partial charge in [0.15, 0.2) is 0 Å². The minimum atomic E-state index is 0.305. The highest BCUT2D eigenvalue weighted by Gasteiger charge is 2.27. The van der Waals surface area contributed by atoms with Crippen LogP contribution in [0.3, 0.4) is 0 Å². The molecule has 5 heteroatoms. The molecule has 0 fully saturated rings. The fourth-order valence-corrected chi connectivity index (χ4v) is 4.81. The van der Waals surface area contributed by atoms with Crippen LogP contribution in [-0.4, -0.2) is 24.2 Å². The van der Waals surface area contributed by atoms with E-state index in [1.54, 1.807) is 0 Å². The zero-order valence-electron chi connectivity index (χ0n) is 16.0. The van der Waals surface area contributed by atoms with E-state index in [0.717, 1.165) is 18.7 Å². The van der Waals surface area contributed by atoms with Gasteiger partial charge in [-0.05, 0) is 37.8 Å². The fourth-order valence-electron chi connectivity index (χ4n) is 4.28. The van der Waals surface area contributed by atoms with Gasteiger partial charge in [0.2, 0.25) is 0 Å². The van der Waals surface area contributed by atoms with E-state index in [1.807, 2.05) is 17.9 Å². The second kappa shape index (κ2) is 6.38. The Morgan fingerprint density at radius 2 is 2.04 bits per heavy atom. The maximum absolute atomic E-state index is 4.84. The molecule has 3 aromatic rings. The van der Waals surface area contributed by atoms with Crippen LogP contribution in [0.1, 0.15) is 37.7 Å². The third-order valence-electron chi connectivity index (χ3n) is 5.46. The maximum Gasteiger partial charge on any atom is 0.0710 e. The Kier molecular flexibility index (Phi) is 4.30. The van der Waals surface area contributed by atoms with Crippen LogP contribution in [-0.2, 0) is 20.0 Å². The first-order valence-electron chi connectivity index (χ1n) is 9.34. The van der Waals surface area contributed by atoms with Crippen molar-refractivity contribution in [1.82, 2.24) is 19.3 Å². The zero-order valence-corrected chi connectivity index (χ0v) is 17.6. The summed E-state index contributed by atoms with van der Waals surface area (Å²) in [6, 6.07) is 2.24. The molecule has 1 aliphatic rings. The summed E-state index contributed by atoms with van der Waals surface area (Å²) < 4.78 is 4.35. The third kappa shape index (κ3) is 2.48. The molecule has 3 aromatic heterocycles. The summed E-state index contributed by atoms with van der Waals surface area (Å²) in [5.74, 6) is 0.375. The lowest BCUT2D eigenvalue weighted by atomic mass is 9.88. The molecule has 4 nitrogen and oxygen atoms in total. The largest absolute Gasteiger partial charge is 0.339 e. The molecular weight excluding hydrogens is 388 g/mol. The molecule has 0 spiro atoms. The Hall–Kier alpha value is -1.88. The lowest BCUT2D eigenvalue weighted by molar-refractivity contribution is 0.728. The average Bonchev–Trinajstić information content (AvgIpc) is 3.16. The second-order valence-electron chi connectivity index (χ2n) is 7.18. The minimum Gasteiger partial charge on any atom is -0.339 e. The molecule has 26 heavy (non-hydrogen) atoms. The van der Waals surface area contributed by atoms with Gasteiger partial charge in [-0.2, -0.15) is 5.10 Å². The molecule has 0 saturated carbocycles. The van der Waals surface area contributed by atoms with E-state index in [4.69, 9.17) is 4.98 Å². The van der Waals surface area contributed by atoms with Gasteiger partial charge in [0, 0.05) is 46.5 Å². The van der Waals surface area contributed by atoms with Crippen LogP contribution in [0.5, 0.6) is 0 Å². The lowest BCUT2D eigenvalue weighted by Gasteiger charge is -2.22. The van der Waals surface area contributed by atoms with Crippen molar-refractivity contribution in [3.8, 4) is 0 Å². The smallest absolute Gasteiger partial charge is 0.0710 e. The third-order valence-corrected chi connectivity index (χ3v) is 6.52. The van der Waals surface area contributed by atoms with E-state index in [2.05, 4.69) is 71.6 Å². The Morgan fingerprint density at radius 1 is 1.27 bits per heavy atom. The molecule has 2 unspecified atom stereocenters. The molecular formula is C21H25BrN4. The molecule has 136 valence electrons. The topological polar surface area (TPSA) is 35.6 Å². The van der Waals surface area contributed by atoms with Crippen LogP contribution < -0.4 is 10.6 Å². The summed E-state index contributed by atoms with van der Waals surface area (Å²) in [5.41, 5.74) is 6.15. The van der Waals surface area contributed by atoms with Crippen LogP contribution in [0.15, 0.2) is 18.5 Å². The SMILES string of the molecule is CCc1nc(C)cc2c3c(n(CC)c12)=C(c1cnn(C)c1)C(C)C(Br)C=3. The predicted molar refractivity (Wildman–Crippen MR) is 111 cm³/mol. The second-order valence-corrected chi connectivity index (χ2v) is 8.24. The minimum absolute atomic E-state index is 0.305. The van der Waals surface area contributed by atoms with E-state index >= 15 is 0 Å². The van der Waals surface area contributed by atoms with E-state index in [-0.39, 0.29) is 0 Å². The first-order chi connectivity index (χ1) is 12.5. The normalized spacial score (nSPS) is 19.7. The number of nitrogens with zero attached hydrogens (tertiary/aromatic N) is 4. The van der Waals surface area contributed by atoms with Crippen molar-refractivity contribution in [2.45, 2.75) is 45.5 Å². The average molecular weight is 413 g/mol. The predicted octanol–water partition coefficient (Wildman–Crippen LogP) is 3.05. The number of fused-ring (bicyclic) bond motifs is 3. The van der Waals surface area contributed by atoms with Gasteiger partial charge in [-0.15, -0.1) is 0 Å². The molecule has 3 heterocycles. The number of aromatic nitrogens is 4. The van der Waals surface area contributed by atoms with Crippen molar-refractivity contribution in [2.75, 3.05) is 0 Å². The van der Waals surface area contributed by atoms with Crippen molar-refractivity contribution in [3.05, 3.63) is 46.0 Å². The molecule has 0 saturated heterocycles. The van der Waals surface area contributed by atoms with Crippen LogP contribution >= 0.6 is 15.9 Å². The number of rotatable bonds is 3. The standard InChI is InChI=1S/C21H25BrN4/c1-6-18-20-15(8-12(3)24-18)16-9-17(22)13(4)19(21(16)26(20)7-2)14-10-23-25(5)11-14/h8-11,13,17H,6-7H2,1-5H3. The van der Waals surface area contributed by atoms with Gasteiger partial charge in [-0.25, -0.2) is 0 Å². The van der Waals surface area contributed by atoms with Crippen molar-refractivity contribution in [3.63, 3.8) is 0 Å². The highest BCUT2D eigenvalue weighted by molar-refractivity contribution is 9.09. The van der Waals surface area contributed by atoms with Gasteiger partial charge in [0.1, 0.15) is 0 Å². The lowest BCUT2D eigenvalue weighted by Crippen LogP contribution is -2.39. The molecule has 0 radical (unpaired) electrons. The van der Waals surface area contributed by atoms with Crippen LogP contribution in [0, 0.1) is 12.8 Å². The van der Waals surface area contributed by atoms with Crippen molar-refractivity contribution in [1.29, 1.82) is 0 Å². The highest BCUT2D eigenvalue weighted by Crippen LogP contribution is 2.30. The monoisotopic (exact) mass is 412 g/mol. The summed E-state index contributed by atoms with van der Waals surface area (Å²) in [7, 11) is 1.98. The first-order valence-corrected chi connectivity index (χ1v) is 10.3. The number of aryl methyl sites for hydroxylation is 4. The number of hydrogen-bond donors (Lipinski definition) is 0. The van der Waals surface area contributed by atoms with E-state index in [9.17, 15) is 0 Å². The molecule has 0 bridgehead atoms. The van der Waals surface area contributed by atoms with Gasteiger partial charge >= 0.3 is 0 Å². The summed E-state index contributed by atoms with van der Waals surface area (Å²) >= 11 is 3.91. The number of hydrogen-bond acceptors (Lipinski definition) is 2. The number of alkyl halides is 1. The quantitative estimate of drug-likeness (QED) is 0.619. The summed E-state index contributed by atoms with van der Waals surface area (Å²) in [6.45, 7) is 9.74.